The molecule has 3 atom stereocenters. The third-order valence-corrected chi connectivity index (χ3v) is 4.16. The third-order valence-electron chi connectivity index (χ3n) is 4.16. The van der Waals surface area contributed by atoms with Crippen LogP contribution in [0, 0.1) is 5.92 Å². The number of carbonyl (C=O) groups is 1. The van der Waals surface area contributed by atoms with E-state index in [1.165, 1.54) is 20.0 Å². The molecule has 110 valence electrons. The summed E-state index contributed by atoms with van der Waals surface area (Å²) in [6.07, 6.45) is 4.63. The molecule has 4 nitrogen and oxygen atoms in total. The van der Waals surface area contributed by atoms with E-state index in [9.17, 15) is 4.79 Å². The molecule has 1 fully saturated rings. The van der Waals surface area contributed by atoms with E-state index < -0.39 is 6.04 Å². The lowest BCUT2D eigenvalue weighted by atomic mass is 9.84. The van der Waals surface area contributed by atoms with Gasteiger partial charge in [0.15, 0.2) is 0 Å². The van der Waals surface area contributed by atoms with Gasteiger partial charge in [0.1, 0.15) is 6.04 Å². The second-order valence-corrected chi connectivity index (χ2v) is 5.42. The van der Waals surface area contributed by atoms with E-state index in [1.807, 2.05) is 30.3 Å². The Balaban J connectivity index is 2.13. The highest BCUT2D eigenvalue weighted by Gasteiger charge is 2.30. The Bertz CT molecular complexity index is 422. The number of nitrogens with two attached hydrogens (primary N) is 1. The van der Waals surface area contributed by atoms with Crippen LogP contribution in [0.2, 0.25) is 0 Å². The molecule has 1 aromatic carbocycles. The summed E-state index contributed by atoms with van der Waals surface area (Å²) in [6, 6.07) is 9.62. The first-order valence-electron chi connectivity index (χ1n) is 7.35. The highest BCUT2D eigenvalue weighted by Crippen LogP contribution is 2.26. The van der Waals surface area contributed by atoms with Crippen molar-refractivity contribution in [2.75, 3.05) is 13.7 Å². The van der Waals surface area contributed by atoms with E-state index >= 15 is 0 Å². The number of rotatable bonds is 5. The van der Waals surface area contributed by atoms with Crippen LogP contribution in [0.3, 0.4) is 0 Å². The quantitative estimate of drug-likeness (QED) is 0.807. The largest absolute Gasteiger partial charge is 0.468 e. The van der Waals surface area contributed by atoms with Crippen LogP contribution in [-0.2, 0) is 9.53 Å². The van der Waals surface area contributed by atoms with Crippen LogP contribution in [0.1, 0.15) is 37.3 Å². The van der Waals surface area contributed by atoms with E-state index in [0.29, 0.717) is 12.5 Å². The number of ether oxygens (including phenoxy) is 1. The van der Waals surface area contributed by atoms with Gasteiger partial charge >= 0.3 is 5.97 Å². The van der Waals surface area contributed by atoms with E-state index in [2.05, 4.69) is 5.32 Å². The smallest absolute Gasteiger partial charge is 0.327 e. The van der Waals surface area contributed by atoms with Gasteiger partial charge in [0, 0.05) is 6.04 Å². The highest BCUT2D eigenvalue weighted by atomic mass is 16.5. The lowest BCUT2D eigenvalue weighted by Gasteiger charge is -2.34. The monoisotopic (exact) mass is 276 g/mol. The first kappa shape index (κ1) is 15.0. The van der Waals surface area contributed by atoms with Crippen molar-refractivity contribution in [3.8, 4) is 0 Å². The highest BCUT2D eigenvalue weighted by molar-refractivity contribution is 5.77. The summed E-state index contributed by atoms with van der Waals surface area (Å²) in [5.74, 6) is 0.206. The van der Waals surface area contributed by atoms with E-state index in [0.717, 1.165) is 18.4 Å². The number of hydrogen-bond donors (Lipinski definition) is 2. The van der Waals surface area contributed by atoms with Gasteiger partial charge in [-0.25, -0.2) is 4.79 Å². The third kappa shape index (κ3) is 3.58. The molecule has 0 aromatic heterocycles. The van der Waals surface area contributed by atoms with Crippen molar-refractivity contribution >= 4 is 5.97 Å². The van der Waals surface area contributed by atoms with E-state index in [1.54, 1.807) is 0 Å². The molecule has 0 spiro atoms. The topological polar surface area (TPSA) is 64.3 Å². The number of benzene rings is 1. The summed E-state index contributed by atoms with van der Waals surface area (Å²) in [7, 11) is 1.43. The van der Waals surface area contributed by atoms with Crippen molar-refractivity contribution in [2.24, 2.45) is 11.7 Å². The normalized spacial score (nSPS) is 24.1. The molecule has 1 saturated carbocycles. The van der Waals surface area contributed by atoms with Gasteiger partial charge in [-0.3, -0.25) is 5.32 Å². The Morgan fingerprint density at radius 1 is 1.35 bits per heavy atom. The Kier molecular flexibility index (Phi) is 5.56. The van der Waals surface area contributed by atoms with Crippen molar-refractivity contribution < 1.29 is 9.53 Å². The predicted octanol–water partition coefficient (Wildman–Crippen LogP) is 2.01. The minimum Gasteiger partial charge on any atom is -0.468 e. The predicted molar refractivity (Wildman–Crippen MR) is 79.1 cm³/mol. The molecule has 0 saturated heterocycles. The minimum atomic E-state index is -0.404. The summed E-state index contributed by atoms with van der Waals surface area (Å²) >= 11 is 0. The van der Waals surface area contributed by atoms with Crippen LogP contribution in [-0.4, -0.2) is 25.7 Å². The maximum Gasteiger partial charge on any atom is 0.327 e. The maximum absolute atomic E-state index is 12.1. The first-order chi connectivity index (χ1) is 9.76. The van der Waals surface area contributed by atoms with Gasteiger partial charge in [-0.15, -0.1) is 0 Å². The molecule has 0 bridgehead atoms. The standard InChI is InChI=1S/C16H24N2O2/c1-20-16(19)15(12-7-3-2-4-8-12)18-14-10-6-5-9-13(14)11-17/h2-4,7-8,13-15,18H,5-6,9-11,17H2,1H3. The molecular formula is C16H24N2O2. The van der Waals surface area contributed by atoms with E-state index in [4.69, 9.17) is 10.5 Å². The number of hydrogen-bond acceptors (Lipinski definition) is 4. The van der Waals surface area contributed by atoms with E-state index in [-0.39, 0.29) is 12.0 Å². The Morgan fingerprint density at radius 2 is 2.05 bits per heavy atom. The van der Waals surface area contributed by atoms with Crippen molar-refractivity contribution in [2.45, 2.75) is 37.8 Å². The second kappa shape index (κ2) is 7.41. The molecule has 4 heteroatoms. The van der Waals surface area contributed by atoms with Crippen LogP contribution in [0.4, 0.5) is 0 Å². The van der Waals surface area contributed by atoms with Crippen LogP contribution in [0.5, 0.6) is 0 Å². The van der Waals surface area contributed by atoms with Gasteiger partial charge in [-0.2, -0.15) is 0 Å². The minimum absolute atomic E-state index is 0.238. The maximum atomic E-state index is 12.1. The first-order valence-corrected chi connectivity index (χ1v) is 7.35. The second-order valence-electron chi connectivity index (χ2n) is 5.42. The molecule has 0 heterocycles. The van der Waals surface area contributed by atoms with Gasteiger partial charge in [-0.1, -0.05) is 43.2 Å². The molecule has 1 aliphatic carbocycles. The van der Waals surface area contributed by atoms with Crippen LogP contribution >= 0.6 is 0 Å². The van der Waals surface area contributed by atoms with Gasteiger partial charge in [-0.05, 0) is 30.9 Å². The molecule has 20 heavy (non-hydrogen) atoms. The van der Waals surface area contributed by atoms with Crippen molar-refractivity contribution in [1.82, 2.24) is 5.32 Å². The average Bonchev–Trinajstić information content (AvgIpc) is 2.53. The number of esters is 1. The van der Waals surface area contributed by atoms with Gasteiger partial charge in [0.2, 0.25) is 0 Å². The summed E-state index contributed by atoms with van der Waals surface area (Å²) in [6.45, 7) is 0.667. The molecule has 3 N–H and O–H groups in total. The summed E-state index contributed by atoms with van der Waals surface area (Å²) in [4.78, 5) is 12.1. The number of nitrogens with one attached hydrogen (secondary N) is 1. The average molecular weight is 276 g/mol. The summed E-state index contributed by atoms with van der Waals surface area (Å²) in [5, 5.41) is 3.47. The molecule has 3 unspecified atom stereocenters. The van der Waals surface area contributed by atoms with Gasteiger partial charge in [0.05, 0.1) is 7.11 Å². The number of carbonyl (C=O) groups excluding carboxylic acids is 1. The van der Waals surface area contributed by atoms with Crippen LogP contribution in [0.25, 0.3) is 0 Å². The summed E-state index contributed by atoms with van der Waals surface area (Å²) in [5.41, 5.74) is 6.81. The Morgan fingerprint density at radius 3 is 2.70 bits per heavy atom. The van der Waals surface area contributed by atoms with Crippen molar-refractivity contribution in [3.05, 3.63) is 35.9 Å². The van der Waals surface area contributed by atoms with Crippen molar-refractivity contribution in [1.29, 1.82) is 0 Å². The van der Waals surface area contributed by atoms with Gasteiger partial charge in [0.25, 0.3) is 0 Å². The summed E-state index contributed by atoms with van der Waals surface area (Å²) < 4.78 is 4.94. The molecule has 0 radical (unpaired) electrons. The SMILES string of the molecule is COC(=O)C(NC1CCCCC1CN)c1ccccc1. The molecule has 1 aliphatic rings. The number of methoxy groups -OCH3 is 1. The van der Waals surface area contributed by atoms with Crippen LogP contribution < -0.4 is 11.1 Å². The molecule has 2 rings (SSSR count). The fraction of sp³-hybridized carbons (Fsp3) is 0.562. The molecule has 1 aromatic rings. The zero-order valence-electron chi connectivity index (χ0n) is 12.0. The van der Waals surface area contributed by atoms with Gasteiger partial charge < -0.3 is 10.5 Å². The fourth-order valence-corrected chi connectivity index (χ4v) is 2.99. The zero-order valence-corrected chi connectivity index (χ0v) is 12.0. The molecule has 0 amide bonds. The zero-order chi connectivity index (χ0) is 14.4. The Labute approximate surface area is 120 Å². The molecule has 0 aliphatic heterocycles. The van der Waals surface area contributed by atoms with Crippen LogP contribution in [0.15, 0.2) is 30.3 Å². The fourth-order valence-electron chi connectivity index (χ4n) is 2.99. The molecular weight excluding hydrogens is 252 g/mol. The Hall–Kier alpha value is -1.39. The lowest BCUT2D eigenvalue weighted by molar-refractivity contribution is -0.143. The lowest BCUT2D eigenvalue weighted by Crippen LogP contribution is -2.45. The van der Waals surface area contributed by atoms with Crippen molar-refractivity contribution in [3.63, 3.8) is 0 Å².